The number of amides is 1. The van der Waals surface area contributed by atoms with Crippen molar-refractivity contribution in [1.29, 1.82) is 0 Å². The van der Waals surface area contributed by atoms with Gasteiger partial charge in [0.15, 0.2) is 0 Å². The van der Waals surface area contributed by atoms with Gasteiger partial charge in [-0.2, -0.15) is 0 Å². The maximum Gasteiger partial charge on any atom is 0.252 e. The maximum absolute atomic E-state index is 11.1. The highest BCUT2D eigenvalue weighted by atomic mass is 35.5. The van der Waals surface area contributed by atoms with Crippen LogP contribution in [0.1, 0.15) is 44.7 Å². The smallest absolute Gasteiger partial charge is 0.252 e. The van der Waals surface area contributed by atoms with Crippen molar-refractivity contribution in [2.24, 2.45) is 5.73 Å². The van der Waals surface area contributed by atoms with Crippen LogP contribution in [0.4, 0.5) is 0 Å². The number of nitrogens with one attached hydrogen (secondary N) is 1. The summed E-state index contributed by atoms with van der Waals surface area (Å²) in [5.41, 5.74) is 7.76. The van der Waals surface area contributed by atoms with E-state index in [1.54, 1.807) is 19.2 Å². The van der Waals surface area contributed by atoms with Gasteiger partial charge in [-0.15, -0.1) is 12.4 Å². The highest BCUT2D eigenvalue weighted by molar-refractivity contribution is 6.67. The second-order valence-electron chi connectivity index (χ2n) is 5.80. The van der Waals surface area contributed by atoms with E-state index in [1.165, 1.54) is 19.9 Å². The van der Waals surface area contributed by atoms with Gasteiger partial charge in [-0.1, -0.05) is 36.4 Å². The van der Waals surface area contributed by atoms with Crippen molar-refractivity contribution in [1.82, 2.24) is 5.32 Å². The van der Waals surface area contributed by atoms with Crippen molar-refractivity contribution in [3.05, 3.63) is 70.8 Å². The third-order valence-electron chi connectivity index (χ3n) is 3.80. The number of rotatable bonds is 2. The number of nitrogens with two attached hydrogens (primary N) is 1. The minimum atomic E-state index is -0.391. The van der Waals surface area contributed by atoms with Crippen molar-refractivity contribution in [3.8, 4) is 0 Å². The third-order valence-corrected chi connectivity index (χ3v) is 4.00. The molecular formula is C22H32Cl2N2O3. The zero-order chi connectivity index (χ0) is 21.4. The SMILES string of the molecule is C1CCOC1.CN.CNC(=O)c1ccccc1C.Cc1ccccc1C(=O)Cl.Cl. The molecule has 3 rings (SSSR count). The highest BCUT2D eigenvalue weighted by Crippen LogP contribution is 2.09. The fourth-order valence-electron chi connectivity index (χ4n) is 2.27. The first kappa shape index (κ1) is 29.3. The van der Waals surface area contributed by atoms with Crippen molar-refractivity contribution < 1.29 is 14.3 Å². The number of ether oxygens (including phenoxy) is 1. The Labute approximate surface area is 185 Å². The molecule has 1 saturated heterocycles. The first-order chi connectivity index (χ1) is 13.5. The van der Waals surface area contributed by atoms with Gasteiger partial charge in [0.2, 0.25) is 0 Å². The quantitative estimate of drug-likeness (QED) is 0.669. The van der Waals surface area contributed by atoms with Gasteiger partial charge in [0.25, 0.3) is 11.1 Å². The molecule has 0 saturated carbocycles. The molecule has 162 valence electrons. The molecule has 1 heterocycles. The van der Waals surface area contributed by atoms with E-state index in [2.05, 4.69) is 11.1 Å². The molecule has 1 amide bonds. The van der Waals surface area contributed by atoms with Crippen LogP contribution in [0.2, 0.25) is 0 Å². The standard InChI is InChI=1S/C9H11NO.C8H7ClO.C4H8O.CH5N.ClH/c1-7-5-3-4-6-8(7)9(11)10-2;1-6-4-2-3-5-7(6)8(9)10;1-2-4-5-3-1;1-2;/h3-6H,1-2H3,(H,10,11);2-5H,1H3;1-4H2;2H2,1H3;1H. The zero-order valence-electron chi connectivity index (χ0n) is 17.5. The number of carbonyl (C=O) groups is 2. The monoisotopic (exact) mass is 442 g/mol. The second kappa shape index (κ2) is 18.1. The fraction of sp³-hybridized carbons (Fsp3) is 0.364. The van der Waals surface area contributed by atoms with E-state index in [-0.39, 0.29) is 18.3 Å². The fourth-order valence-corrected chi connectivity index (χ4v) is 2.48. The van der Waals surface area contributed by atoms with Gasteiger partial charge in [-0.05, 0) is 68.6 Å². The first-order valence-corrected chi connectivity index (χ1v) is 9.53. The number of aryl methyl sites for hydroxylation is 2. The molecule has 0 spiro atoms. The van der Waals surface area contributed by atoms with Crippen LogP contribution >= 0.6 is 24.0 Å². The predicted octanol–water partition coefficient (Wildman–Crippen LogP) is 4.52. The van der Waals surface area contributed by atoms with Gasteiger partial charge < -0.3 is 15.8 Å². The maximum atomic E-state index is 11.1. The van der Waals surface area contributed by atoms with E-state index in [0.29, 0.717) is 5.56 Å². The molecule has 0 aliphatic carbocycles. The van der Waals surface area contributed by atoms with Gasteiger partial charge in [0.1, 0.15) is 0 Å². The Bertz CT molecular complexity index is 713. The molecule has 1 aliphatic heterocycles. The molecule has 2 aromatic rings. The number of benzene rings is 2. The summed E-state index contributed by atoms with van der Waals surface area (Å²) >= 11 is 5.27. The lowest BCUT2D eigenvalue weighted by Gasteiger charge is -2.01. The van der Waals surface area contributed by atoms with Crippen LogP contribution in [0, 0.1) is 13.8 Å². The Morgan fingerprint density at radius 1 is 0.897 bits per heavy atom. The van der Waals surface area contributed by atoms with Crippen LogP contribution in [-0.4, -0.2) is 38.5 Å². The van der Waals surface area contributed by atoms with Gasteiger partial charge >= 0.3 is 0 Å². The molecule has 3 N–H and O–H groups in total. The van der Waals surface area contributed by atoms with Crippen LogP contribution in [0.3, 0.4) is 0 Å². The first-order valence-electron chi connectivity index (χ1n) is 9.16. The molecule has 1 aliphatic rings. The Hall–Kier alpha value is -1.92. The second-order valence-corrected chi connectivity index (χ2v) is 6.15. The minimum Gasteiger partial charge on any atom is -0.381 e. The molecule has 2 aromatic carbocycles. The highest BCUT2D eigenvalue weighted by Gasteiger charge is 2.03. The van der Waals surface area contributed by atoms with Crippen LogP contribution in [-0.2, 0) is 4.74 Å². The van der Waals surface area contributed by atoms with E-state index >= 15 is 0 Å². The summed E-state index contributed by atoms with van der Waals surface area (Å²) in [7, 11) is 3.13. The van der Waals surface area contributed by atoms with E-state index in [4.69, 9.17) is 16.3 Å². The number of hydrogen-bond donors (Lipinski definition) is 2. The largest absolute Gasteiger partial charge is 0.381 e. The molecule has 7 heteroatoms. The zero-order valence-corrected chi connectivity index (χ0v) is 19.1. The van der Waals surface area contributed by atoms with Crippen LogP contribution in [0.5, 0.6) is 0 Å². The molecule has 0 radical (unpaired) electrons. The van der Waals surface area contributed by atoms with E-state index in [9.17, 15) is 9.59 Å². The van der Waals surface area contributed by atoms with Crippen molar-refractivity contribution in [2.45, 2.75) is 26.7 Å². The molecule has 0 atom stereocenters. The van der Waals surface area contributed by atoms with Gasteiger partial charge in [0, 0.05) is 31.4 Å². The van der Waals surface area contributed by atoms with E-state index in [0.717, 1.165) is 29.9 Å². The number of hydrogen-bond acceptors (Lipinski definition) is 4. The van der Waals surface area contributed by atoms with Crippen molar-refractivity contribution in [3.63, 3.8) is 0 Å². The summed E-state index contributed by atoms with van der Waals surface area (Å²) in [6.07, 6.45) is 2.56. The Balaban J connectivity index is 0. The number of halogens is 2. The molecule has 0 aromatic heterocycles. The van der Waals surface area contributed by atoms with E-state index < -0.39 is 5.24 Å². The normalized spacial score (nSPS) is 11.1. The summed E-state index contributed by atoms with van der Waals surface area (Å²) in [6, 6.07) is 14.7. The molecular weight excluding hydrogens is 411 g/mol. The minimum absolute atomic E-state index is 0. The molecule has 0 bridgehead atoms. The topological polar surface area (TPSA) is 81.4 Å². The third kappa shape index (κ3) is 12.3. The molecule has 5 nitrogen and oxygen atoms in total. The Morgan fingerprint density at radius 3 is 1.59 bits per heavy atom. The van der Waals surface area contributed by atoms with Gasteiger partial charge in [-0.3, -0.25) is 9.59 Å². The summed E-state index contributed by atoms with van der Waals surface area (Å²) in [5, 5.41) is 2.19. The summed E-state index contributed by atoms with van der Waals surface area (Å²) in [6.45, 7) is 5.78. The lowest BCUT2D eigenvalue weighted by molar-refractivity contribution is 0.0962. The summed E-state index contributed by atoms with van der Waals surface area (Å²) in [5.74, 6) is -0.0249. The summed E-state index contributed by atoms with van der Waals surface area (Å²) < 4.78 is 4.94. The van der Waals surface area contributed by atoms with Crippen molar-refractivity contribution >= 4 is 35.2 Å². The van der Waals surface area contributed by atoms with Crippen molar-refractivity contribution in [2.75, 3.05) is 27.3 Å². The van der Waals surface area contributed by atoms with Crippen LogP contribution < -0.4 is 11.1 Å². The Morgan fingerprint density at radius 2 is 1.31 bits per heavy atom. The van der Waals surface area contributed by atoms with Crippen LogP contribution in [0.15, 0.2) is 48.5 Å². The van der Waals surface area contributed by atoms with Gasteiger partial charge in [0.05, 0.1) is 0 Å². The van der Waals surface area contributed by atoms with E-state index in [1.807, 2.05) is 50.2 Å². The average Bonchev–Trinajstić information content (AvgIpc) is 3.30. The van der Waals surface area contributed by atoms with Gasteiger partial charge in [-0.25, -0.2) is 0 Å². The predicted molar refractivity (Wildman–Crippen MR) is 123 cm³/mol. The lowest BCUT2D eigenvalue weighted by Crippen LogP contribution is -2.18. The molecule has 0 unspecified atom stereocenters. The Kier molecular flexibility index (Phi) is 18.3. The average molecular weight is 443 g/mol. The molecule has 29 heavy (non-hydrogen) atoms. The number of carbonyl (C=O) groups excluding carboxylic acids is 2. The summed E-state index contributed by atoms with van der Waals surface area (Å²) in [4.78, 5) is 21.8. The lowest BCUT2D eigenvalue weighted by atomic mass is 10.1. The molecule has 1 fully saturated rings. The van der Waals surface area contributed by atoms with Crippen LogP contribution in [0.25, 0.3) is 0 Å².